The number of benzene rings is 2. The minimum atomic E-state index is -2.82. The first kappa shape index (κ1) is 32.3. The van der Waals surface area contributed by atoms with E-state index in [1.54, 1.807) is 0 Å². The maximum Gasteiger partial charge on any atom is 0.303 e. The van der Waals surface area contributed by atoms with E-state index in [2.05, 4.69) is 24.3 Å². The Labute approximate surface area is 251 Å². The minimum Gasteiger partial charge on any atom is -0.463 e. The van der Waals surface area contributed by atoms with Crippen molar-refractivity contribution >= 4 is 42.6 Å². The predicted molar refractivity (Wildman–Crippen MR) is 154 cm³/mol. The molecule has 12 heteroatoms. The fourth-order valence-electron chi connectivity index (χ4n) is 5.58. The van der Waals surface area contributed by atoms with Crippen molar-refractivity contribution in [3.8, 4) is 0 Å². The van der Waals surface area contributed by atoms with Crippen LogP contribution in [-0.2, 0) is 52.0 Å². The Balaban J connectivity index is 1.72. The smallest absolute Gasteiger partial charge is 0.303 e. The molecular weight excluding hydrogens is 576 g/mol. The molecule has 11 nitrogen and oxygen atoms in total. The van der Waals surface area contributed by atoms with Crippen molar-refractivity contribution in [3.63, 3.8) is 0 Å². The lowest BCUT2D eigenvalue weighted by Crippen LogP contribution is -2.65. The largest absolute Gasteiger partial charge is 0.463 e. The predicted octanol–water partition coefficient (Wildman–Crippen LogP) is 2.37. The van der Waals surface area contributed by atoms with Gasteiger partial charge in [-0.15, -0.1) is 0 Å². The van der Waals surface area contributed by atoms with Crippen LogP contribution in [0.5, 0.6) is 0 Å². The average molecular weight is 615 g/mol. The first-order valence-corrected chi connectivity index (χ1v) is 16.5. The summed E-state index contributed by atoms with van der Waals surface area (Å²) < 4.78 is 41.4. The van der Waals surface area contributed by atoms with Crippen LogP contribution in [0.2, 0.25) is 6.04 Å². The van der Waals surface area contributed by atoms with Crippen LogP contribution < -0.4 is 10.4 Å². The summed E-state index contributed by atoms with van der Waals surface area (Å²) >= 11 is 0. The highest BCUT2D eigenvalue weighted by atomic mass is 28.4. The topological polar surface area (TPSA) is 133 Å². The Morgan fingerprint density at radius 1 is 0.721 bits per heavy atom. The standard InChI is InChI=1S/C31H38O11Si/c1-20(32)36-19-26-28(37-21(2)33)29(38-22(3)34)30(39-23(4)35)31(40-26)41-27-17-11-12-18-43(42-27,24-13-7-5-8-14-24)25-15-9-6-10-16-25/h5-10,13-16,26-31H,11-12,17-19H2,1-4H3/t26-,27?,28+,29+,30-,31?/m1/s1. The monoisotopic (exact) mass is 614 g/mol. The maximum absolute atomic E-state index is 12.3. The Morgan fingerprint density at radius 2 is 1.26 bits per heavy atom. The molecule has 0 radical (unpaired) electrons. The molecule has 0 saturated carbocycles. The van der Waals surface area contributed by atoms with Crippen molar-refractivity contribution in [3.05, 3.63) is 60.7 Å². The normalized spacial score (nSPS) is 26.8. The highest BCUT2D eigenvalue weighted by molar-refractivity contribution is 6.97. The molecule has 0 amide bonds. The number of carbonyl (C=O) groups is 4. The van der Waals surface area contributed by atoms with Gasteiger partial charge in [-0.1, -0.05) is 67.1 Å². The Morgan fingerprint density at radius 3 is 1.79 bits per heavy atom. The molecule has 4 rings (SSSR count). The Bertz CT molecular complexity index is 1220. The Hall–Kier alpha value is -3.58. The van der Waals surface area contributed by atoms with Crippen LogP contribution in [0.25, 0.3) is 0 Å². The van der Waals surface area contributed by atoms with Gasteiger partial charge in [0.1, 0.15) is 12.7 Å². The number of rotatable bonds is 9. The summed E-state index contributed by atoms with van der Waals surface area (Å²) in [6, 6.07) is 20.9. The van der Waals surface area contributed by atoms with E-state index in [4.69, 9.17) is 32.8 Å². The molecule has 0 N–H and O–H groups in total. The van der Waals surface area contributed by atoms with Gasteiger partial charge in [0, 0.05) is 27.7 Å². The van der Waals surface area contributed by atoms with Gasteiger partial charge in [-0.05, 0) is 29.3 Å². The molecular formula is C31H38O11Si. The van der Waals surface area contributed by atoms with E-state index in [1.165, 1.54) is 27.7 Å². The quantitative estimate of drug-likeness (QED) is 0.234. The van der Waals surface area contributed by atoms with Gasteiger partial charge in [-0.2, -0.15) is 0 Å². The third kappa shape index (κ3) is 8.29. The molecule has 232 valence electrons. The summed E-state index contributed by atoms with van der Waals surface area (Å²) in [4.78, 5) is 48.2. The Kier molecular flexibility index (Phi) is 11.1. The van der Waals surface area contributed by atoms with Gasteiger partial charge in [-0.25, -0.2) is 0 Å². The molecule has 2 aromatic rings. The lowest BCUT2D eigenvalue weighted by atomic mass is 9.98. The fourth-order valence-corrected chi connectivity index (χ4v) is 9.71. The molecule has 0 spiro atoms. The van der Waals surface area contributed by atoms with Crippen LogP contribution >= 0.6 is 0 Å². The molecule has 6 atom stereocenters. The summed E-state index contributed by atoms with van der Waals surface area (Å²) in [7, 11) is -2.82. The first-order chi connectivity index (χ1) is 20.6. The number of hydrogen-bond donors (Lipinski definition) is 0. The van der Waals surface area contributed by atoms with Crippen molar-refractivity contribution in [2.75, 3.05) is 6.61 Å². The zero-order valence-corrected chi connectivity index (χ0v) is 25.8. The number of hydrogen-bond acceptors (Lipinski definition) is 11. The second-order valence-electron chi connectivity index (χ2n) is 10.6. The average Bonchev–Trinajstić information content (AvgIpc) is 3.19. The first-order valence-electron chi connectivity index (χ1n) is 14.3. The highest BCUT2D eigenvalue weighted by Crippen LogP contribution is 2.33. The van der Waals surface area contributed by atoms with Gasteiger partial charge < -0.3 is 32.8 Å². The second-order valence-corrected chi connectivity index (χ2v) is 14.1. The molecule has 2 aliphatic rings. The van der Waals surface area contributed by atoms with E-state index >= 15 is 0 Å². The van der Waals surface area contributed by atoms with E-state index < -0.39 is 69.2 Å². The summed E-state index contributed by atoms with van der Waals surface area (Å²) in [5.41, 5.74) is 0. The van der Waals surface area contributed by atoms with Crippen LogP contribution in [0.4, 0.5) is 0 Å². The van der Waals surface area contributed by atoms with Crippen LogP contribution in [0, 0.1) is 0 Å². The van der Waals surface area contributed by atoms with Gasteiger partial charge in [0.15, 0.2) is 24.6 Å². The molecule has 2 aromatic carbocycles. The lowest BCUT2D eigenvalue weighted by Gasteiger charge is -2.45. The van der Waals surface area contributed by atoms with Crippen molar-refractivity contribution in [2.45, 2.75) is 90.0 Å². The zero-order valence-electron chi connectivity index (χ0n) is 24.8. The van der Waals surface area contributed by atoms with Gasteiger partial charge >= 0.3 is 23.9 Å². The molecule has 2 fully saturated rings. The van der Waals surface area contributed by atoms with E-state index in [9.17, 15) is 19.2 Å². The SMILES string of the molecule is CC(=O)OC[C@H]1OC(OC2CCCC[Si](c3ccccc3)(c3ccccc3)O2)[C@H](OC(C)=O)[C@@H](OC(C)=O)[C@H]1OC(C)=O. The van der Waals surface area contributed by atoms with Crippen molar-refractivity contribution in [1.29, 1.82) is 0 Å². The third-order valence-electron chi connectivity index (χ3n) is 7.27. The van der Waals surface area contributed by atoms with Crippen LogP contribution in [0.1, 0.15) is 47.0 Å². The van der Waals surface area contributed by atoms with Gasteiger partial charge in [0.05, 0.1) is 0 Å². The number of ether oxygens (including phenoxy) is 6. The van der Waals surface area contributed by atoms with Gasteiger partial charge in [-0.3, -0.25) is 19.2 Å². The molecule has 2 saturated heterocycles. The van der Waals surface area contributed by atoms with E-state index in [-0.39, 0.29) is 6.61 Å². The molecule has 0 aliphatic carbocycles. The fraction of sp³-hybridized carbons (Fsp3) is 0.484. The molecule has 2 aliphatic heterocycles. The molecule has 0 aromatic heterocycles. The zero-order chi connectivity index (χ0) is 31.0. The number of esters is 4. The highest BCUT2D eigenvalue weighted by Gasteiger charge is 2.54. The van der Waals surface area contributed by atoms with Crippen molar-refractivity contribution in [1.82, 2.24) is 0 Å². The molecule has 43 heavy (non-hydrogen) atoms. The van der Waals surface area contributed by atoms with E-state index in [0.29, 0.717) is 6.42 Å². The van der Waals surface area contributed by atoms with E-state index in [1.807, 2.05) is 36.4 Å². The summed E-state index contributed by atoms with van der Waals surface area (Å²) in [6.45, 7) is 4.43. The van der Waals surface area contributed by atoms with Crippen LogP contribution in [-0.4, -0.2) is 75.8 Å². The van der Waals surface area contributed by atoms with Crippen LogP contribution in [0.15, 0.2) is 60.7 Å². The third-order valence-corrected chi connectivity index (χ3v) is 11.5. The summed E-state index contributed by atoms with van der Waals surface area (Å²) in [5.74, 6) is -2.70. The summed E-state index contributed by atoms with van der Waals surface area (Å²) in [5, 5.41) is 2.16. The van der Waals surface area contributed by atoms with Gasteiger partial charge in [0.25, 0.3) is 8.32 Å². The summed E-state index contributed by atoms with van der Waals surface area (Å²) in [6.07, 6.45) is -4.92. The molecule has 2 unspecified atom stereocenters. The maximum atomic E-state index is 12.3. The molecule has 2 heterocycles. The lowest BCUT2D eigenvalue weighted by molar-refractivity contribution is -0.332. The van der Waals surface area contributed by atoms with Gasteiger partial charge in [0.2, 0.25) is 6.29 Å². The van der Waals surface area contributed by atoms with Crippen molar-refractivity contribution < 1.29 is 52.0 Å². The second kappa shape index (κ2) is 14.7. The van der Waals surface area contributed by atoms with E-state index in [0.717, 1.165) is 29.3 Å². The molecule has 0 bridgehead atoms. The van der Waals surface area contributed by atoms with Crippen molar-refractivity contribution in [2.24, 2.45) is 0 Å². The minimum absolute atomic E-state index is 0.337. The van der Waals surface area contributed by atoms with Crippen LogP contribution in [0.3, 0.4) is 0 Å². The number of carbonyl (C=O) groups excluding carboxylic acids is 4.